The van der Waals surface area contributed by atoms with Crippen molar-refractivity contribution in [3.63, 3.8) is 0 Å². The van der Waals surface area contributed by atoms with Crippen molar-refractivity contribution in [3.05, 3.63) is 68.8 Å². The molecule has 2 atom stereocenters. The summed E-state index contributed by atoms with van der Waals surface area (Å²) in [6.07, 6.45) is 0.114. The molecule has 4 aliphatic heterocycles. The number of piperidine rings is 2. The molecular weight excluding hydrogens is 580 g/mol. The summed E-state index contributed by atoms with van der Waals surface area (Å²) in [5.74, 6) is -5.15. The van der Waals surface area contributed by atoms with Crippen molar-refractivity contribution < 1.29 is 43.3 Å². The third kappa shape index (κ3) is 4.29. The number of hydrogen-bond acceptors (Lipinski definition) is 11. The number of carbonyl (C=O) groups excluding carboxylic acids is 8. The maximum absolute atomic E-state index is 12.6. The van der Waals surface area contributed by atoms with Gasteiger partial charge in [0.05, 0.1) is 21.6 Å². The van der Waals surface area contributed by atoms with Gasteiger partial charge in [-0.25, -0.2) is 0 Å². The summed E-state index contributed by atoms with van der Waals surface area (Å²) in [5.41, 5.74) is 2.40. The molecule has 2 aromatic carbocycles. The molecule has 2 aromatic rings. The number of benzene rings is 2. The third-order valence-corrected chi connectivity index (χ3v) is 8.19. The zero-order chi connectivity index (χ0) is 32.3. The number of amides is 8. The molecule has 6 rings (SSSR count). The number of fused-ring (bicyclic) bond motifs is 2. The minimum Gasteiger partial charge on any atom is -0.398 e. The Bertz CT molecular complexity index is 1770. The Labute approximate surface area is 247 Å². The number of nitrogen functional groups attached to an aromatic ring is 1. The average molecular weight is 605 g/mol. The number of nitrogens with zero attached hydrogens (tertiary/aromatic N) is 3. The van der Waals surface area contributed by atoms with Gasteiger partial charge >= 0.3 is 0 Å². The number of nitrogens with one attached hydrogen (secondary N) is 2. The summed E-state index contributed by atoms with van der Waals surface area (Å²) < 4.78 is 0. The smallest absolute Gasteiger partial charge is 0.282 e. The summed E-state index contributed by atoms with van der Waals surface area (Å²) in [6.45, 7) is 2.84. The topological polar surface area (TPSA) is 236 Å². The van der Waals surface area contributed by atoms with Crippen molar-refractivity contribution >= 4 is 58.6 Å². The van der Waals surface area contributed by atoms with Crippen molar-refractivity contribution in [2.75, 3.05) is 5.73 Å². The Morgan fingerprint density at radius 2 is 1.14 bits per heavy atom. The van der Waals surface area contributed by atoms with Gasteiger partial charge in [-0.2, -0.15) is 0 Å². The molecule has 0 aliphatic carbocycles. The van der Waals surface area contributed by atoms with Gasteiger partial charge in [0, 0.05) is 24.6 Å². The quantitative estimate of drug-likeness (QED) is 0.188. The SMILES string of the molecule is C[C@@]1(N2C(=O)c3cccc(N)c3C2=O)CCC(=O)NC1=O.C[C@@]1(N2C(=O)c3cccc([N+](=O)[O-])c3C2=O)CCC(=O)NC1=O. The minimum atomic E-state index is -1.56. The number of hydrogen-bond donors (Lipinski definition) is 3. The van der Waals surface area contributed by atoms with E-state index in [9.17, 15) is 48.5 Å². The van der Waals surface area contributed by atoms with E-state index in [2.05, 4.69) is 10.6 Å². The lowest BCUT2D eigenvalue weighted by Crippen LogP contribution is -2.62. The first-order valence-electron chi connectivity index (χ1n) is 13.3. The first kappa shape index (κ1) is 29.7. The number of nitro benzene ring substituents is 1. The van der Waals surface area contributed by atoms with Crippen LogP contribution in [0.1, 0.15) is 81.0 Å². The van der Waals surface area contributed by atoms with E-state index in [0.717, 1.165) is 11.0 Å². The molecule has 0 saturated carbocycles. The molecule has 0 bridgehead atoms. The van der Waals surface area contributed by atoms with E-state index in [4.69, 9.17) is 5.73 Å². The molecule has 16 nitrogen and oxygen atoms in total. The number of rotatable bonds is 3. The van der Waals surface area contributed by atoms with Gasteiger partial charge in [0.1, 0.15) is 16.6 Å². The van der Waals surface area contributed by atoms with E-state index in [-0.39, 0.29) is 53.6 Å². The van der Waals surface area contributed by atoms with Crippen LogP contribution in [0, 0.1) is 10.1 Å². The molecule has 226 valence electrons. The Morgan fingerprint density at radius 3 is 1.57 bits per heavy atom. The highest BCUT2D eigenvalue weighted by molar-refractivity contribution is 6.27. The number of nitrogens with two attached hydrogens (primary N) is 1. The fourth-order valence-corrected chi connectivity index (χ4v) is 5.64. The van der Waals surface area contributed by atoms with Crippen LogP contribution in [-0.2, 0) is 19.2 Å². The van der Waals surface area contributed by atoms with E-state index in [1.54, 1.807) is 6.07 Å². The van der Waals surface area contributed by atoms with Crippen LogP contribution in [0.2, 0.25) is 0 Å². The molecule has 0 radical (unpaired) electrons. The normalized spacial score (nSPS) is 24.4. The Balaban J connectivity index is 0.000000175. The van der Waals surface area contributed by atoms with Crippen molar-refractivity contribution in [3.8, 4) is 0 Å². The third-order valence-electron chi connectivity index (χ3n) is 8.19. The van der Waals surface area contributed by atoms with E-state index in [0.29, 0.717) is 4.90 Å². The summed E-state index contributed by atoms with van der Waals surface area (Å²) in [4.78, 5) is 109. The van der Waals surface area contributed by atoms with Crippen molar-refractivity contribution in [1.29, 1.82) is 0 Å². The largest absolute Gasteiger partial charge is 0.398 e. The number of nitro groups is 1. The molecule has 0 unspecified atom stereocenters. The first-order valence-corrected chi connectivity index (χ1v) is 13.3. The van der Waals surface area contributed by atoms with Gasteiger partial charge in [0.15, 0.2) is 0 Å². The van der Waals surface area contributed by atoms with Crippen molar-refractivity contribution in [2.45, 2.75) is 50.6 Å². The second kappa shape index (κ2) is 10.2. The molecule has 4 aliphatic rings. The molecule has 16 heteroatoms. The number of imide groups is 4. The lowest BCUT2D eigenvalue weighted by Gasteiger charge is -2.38. The van der Waals surface area contributed by atoms with Crippen LogP contribution in [0.4, 0.5) is 11.4 Å². The van der Waals surface area contributed by atoms with Crippen LogP contribution in [0.15, 0.2) is 36.4 Å². The highest BCUT2D eigenvalue weighted by atomic mass is 16.6. The highest BCUT2D eigenvalue weighted by Crippen LogP contribution is 2.38. The van der Waals surface area contributed by atoms with Crippen molar-refractivity contribution in [2.24, 2.45) is 0 Å². The van der Waals surface area contributed by atoms with Gasteiger partial charge in [-0.05, 0) is 44.9 Å². The van der Waals surface area contributed by atoms with Crippen LogP contribution in [-0.4, -0.2) is 73.1 Å². The van der Waals surface area contributed by atoms with Gasteiger partial charge in [-0.3, -0.25) is 68.9 Å². The molecule has 2 saturated heterocycles. The Hall–Kier alpha value is -5.80. The second-order valence-electron chi connectivity index (χ2n) is 10.9. The zero-order valence-electron chi connectivity index (χ0n) is 23.3. The highest BCUT2D eigenvalue weighted by Gasteiger charge is 2.55. The summed E-state index contributed by atoms with van der Waals surface area (Å²) in [5, 5.41) is 15.4. The molecule has 0 aromatic heterocycles. The van der Waals surface area contributed by atoms with Crippen LogP contribution >= 0.6 is 0 Å². The van der Waals surface area contributed by atoms with E-state index in [1.807, 2.05) is 0 Å². The lowest BCUT2D eigenvalue weighted by atomic mass is 9.89. The van der Waals surface area contributed by atoms with Crippen LogP contribution in [0.25, 0.3) is 0 Å². The zero-order valence-corrected chi connectivity index (χ0v) is 23.3. The summed E-state index contributed by atoms with van der Waals surface area (Å²) in [6, 6.07) is 8.34. The average Bonchev–Trinajstić information content (AvgIpc) is 3.39. The van der Waals surface area contributed by atoms with Crippen molar-refractivity contribution in [1.82, 2.24) is 20.4 Å². The molecular formula is C28H24N6O10. The predicted octanol–water partition coefficient (Wildman–Crippen LogP) is 0.446. The number of anilines is 1. The van der Waals surface area contributed by atoms with Gasteiger partial charge in [0.25, 0.3) is 41.1 Å². The number of carbonyl (C=O) groups is 8. The van der Waals surface area contributed by atoms with Crippen LogP contribution in [0.5, 0.6) is 0 Å². The Morgan fingerprint density at radius 1 is 0.705 bits per heavy atom. The molecule has 0 spiro atoms. The first-order chi connectivity index (χ1) is 20.6. The summed E-state index contributed by atoms with van der Waals surface area (Å²) in [7, 11) is 0. The second-order valence-corrected chi connectivity index (χ2v) is 10.9. The van der Waals surface area contributed by atoms with Crippen LogP contribution in [0.3, 0.4) is 0 Å². The maximum atomic E-state index is 12.6. The predicted molar refractivity (Wildman–Crippen MR) is 147 cm³/mol. The molecule has 2 fully saturated rings. The van der Waals surface area contributed by atoms with Gasteiger partial charge in [-0.1, -0.05) is 12.1 Å². The minimum absolute atomic E-state index is 0.0300. The van der Waals surface area contributed by atoms with E-state index < -0.39 is 68.9 Å². The Kier molecular flexibility index (Phi) is 6.87. The monoisotopic (exact) mass is 604 g/mol. The maximum Gasteiger partial charge on any atom is 0.282 e. The fraction of sp³-hybridized carbons (Fsp3) is 0.286. The van der Waals surface area contributed by atoms with E-state index >= 15 is 0 Å². The summed E-state index contributed by atoms with van der Waals surface area (Å²) >= 11 is 0. The molecule has 44 heavy (non-hydrogen) atoms. The van der Waals surface area contributed by atoms with Gasteiger partial charge in [-0.15, -0.1) is 0 Å². The van der Waals surface area contributed by atoms with Crippen LogP contribution < -0.4 is 16.4 Å². The molecule has 4 N–H and O–H groups in total. The molecule has 8 amide bonds. The van der Waals surface area contributed by atoms with Gasteiger partial charge < -0.3 is 5.73 Å². The fourth-order valence-electron chi connectivity index (χ4n) is 5.64. The van der Waals surface area contributed by atoms with Gasteiger partial charge in [0.2, 0.25) is 11.8 Å². The standard InChI is InChI=1S/C14H11N3O6.C14H13N3O4/c1-14(6-5-9(18)15-13(14)21)16-11(19)7-3-2-4-8(17(22)23)10(7)12(16)20;1-14(6-5-9(18)16-13(14)21)17-11(19)7-3-2-4-8(15)10(7)12(17)20/h2-4H,5-6H2,1H3,(H,15,18,21);2-4H,5-6,15H2,1H3,(H,16,18,21)/t2*14-/m11/s1. The van der Waals surface area contributed by atoms with E-state index in [1.165, 1.54) is 38.1 Å². The lowest BCUT2D eigenvalue weighted by molar-refractivity contribution is -0.385. The molecule has 4 heterocycles.